The Morgan fingerprint density at radius 2 is 1.94 bits per heavy atom. The van der Waals surface area contributed by atoms with Crippen LogP contribution in [0.4, 0.5) is 11.5 Å². The van der Waals surface area contributed by atoms with Gasteiger partial charge in [-0.2, -0.15) is 0 Å². The summed E-state index contributed by atoms with van der Waals surface area (Å²) in [5.74, 6) is 5.55. The average Bonchev–Trinajstić information content (AvgIpc) is 2.39. The number of nitrogen functional groups attached to an aromatic ring is 1. The second-order valence-corrected chi connectivity index (χ2v) is 3.22. The van der Waals surface area contributed by atoms with Crippen molar-refractivity contribution in [3.63, 3.8) is 0 Å². The van der Waals surface area contributed by atoms with Crippen LogP contribution in [0.1, 0.15) is 0 Å². The zero-order chi connectivity index (χ0) is 12.3. The molecular formula is C10H9N5O2. The van der Waals surface area contributed by atoms with Crippen LogP contribution >= 0.6 is 0 Å². The van der Waals surface area contributed by atoms with Crippen LogP contribution in [0.25, 0.3) is 11.3 Å². The van der Waals surface area contributed by atoms with Gasteiger partial charge in [0, 0.05) is 6.07 Å². The standard InChI is InChI=1S/C10H9N5O2/c11-12-10-6-5-8(13-14-10)7-3-1-2-4-9(7)15(16)17/h1-6H,11H2,(H,12,14). The minimum absolute atomic E-state index is 0.00439. The van der Waals surface area contributed by atoms with Gasteiger partial charge in [-0.05, 0) is 18.2 Å². The van der Waals surface area contributed by atoms with Crippen LogP contribution in [0.15, 0.2) is 36.4 Å². The van der Waals surface area contributed by atoms with E-state index >= 15 is 0 Å². The van der Waals surface area contributed by atoms with E-state index in [-0.39, 0.29) is 5.69 Å². The van der Waals surface area contributed by atoms with E-state index in [0.717, 1.165) is 0 Å². The number of hydrogen-bond acceptors (Lipinski definition) is 6. The monoisotopic (exact) mass is 231 g/mol. The second-order valence-electron chi connectivity index (χ2n) is 3.22. The highest BCUT2D eigenvalue weighted by molar-refractivity contribution is 5.70. The molecule has 1 aromatic heterocycles. The van der Waals surface area contributed by atoms with E-state index in [0.29, 0.717) is 17.1 Å². The summed E-state index contributed by atoms with van der Waals surface area (Å²) < 4.78 is 0. The lowest BCUT2D eigenvalue weighted by molar-refractivity contribution is -0.384. The number of nitrogens with zero attached hydrogens (tertiary/aromatic N) is 3. The molecule has 2 aromatic rings. The Morgan fingerprint density at radius 1 is 1.18 bits per heavy atom. The van der Waals surface area contributed by atoms with E-state index in [1.807, 2.05) is 0 Å². The molecule has 17 heavy (non-hydrogen) atoms. The number of nitro groups is 1. The maximum atomic E-state index is 10.8. The lowest BCUT2D eigenvalue weighted by Gasteiger charge is -2.02. The van der Waals surface area contributed by atoms with Crippen LogP contribution in [-0.2, 0) is 0 Å². The summed E-state index contributed by atoms with van der Waals surface area (Å²) in [7, 11) is 0. The van der Waals surface area contributed by atoms with E-state index in [9.17, 15) is 10.1 Å². The number of hydrogen-bond donors (Lipinski definition) is 2. The molecule has 0 saturated heterocycles. The zero-order valence-corrected chi connectivity index (χ0v) is 8.70. The molecule has 7 nitrogen and oxygen atoms in total. The SMILES string of the molecule is NNc1ccc(-c2ccccc2[N+](=O)[O-])nn1. The molecule has 0 atom stereocenters. The van der Waals surface area contributed by atoms with Crippen LogP contribution < -0.4 is 11.3 Å². The summed E-state index contributed by atoms with van der Waals surface area (Å²) in [6.07, 6.45) is 0. The van der Waals surface area contributed by atoms with Crippen molar-refractivity contribution < 1.29 is 4.92 Å². The summed E-state index contributed by atoms with van der Waals surface area (Å²) in [5, 5.41) is 18.5. The highest BCUT2D eigenvalue weighted by atomic mass is 16.6. The molecule has 0 aliphatic carbocycles. The fourth-order valence-electron chi connectivity index (χ4n) is 1.40. The molecule has 1 heterocycles. The van der Waals surface area contributed by atoms with Crippen molar-refractivity contribution >= 4 is 11.5 Å². The Bertz CT molecular complexity index is 541. The van der Waals surface area contributed by atoms with Gasteiger partial charge in [-0.25, -0.2) is 5.84 Å². The van der Waals surface area contributed by atoms with Crippen molar-refractivity contribution in [1.29, 1.82) is 0 Å². The highest BCUT2D eigenvalue weighted by Crippen LogP contribution is 2.27. The largest absolute Gasteiger partial charge is 0.307 e. The van der Waals surface area contributed by atoms with Gasteiger partial charge in [0.2, 0.25) is 0 Å². The molecule has 0 unspecified atom stereocenters. The fraction of sp³-hybridized carbons (Fsp3) is 0. The Labute approximate surface area is 96.4 Å². The van der Waals surface area contributed by atoms with Gasteiger partial charge in [0.1, 0.15) is 0 Å². The first-order valence-corrected chi connectivity index (χ1v) is 4.76. The van der Waals surface area contributed by atoms with Gasteiger partial charge in [-0.1, -0.05) is 12.1 Å². The molecular weight excluding hydrogens is 222 g/mol. The van der Waals surface area contributed by atoms with Crippen LogP contribution in [-0.4, -0.2) is 15.1 Å². The van der Waals surface area contributed by atoms with Crippen molar-refractivity contribution in [3.05, 3.63) is 46.5 Å². The van der Waals surface area contributed by atoms with E-state index in [1.165, 1.54) is 6.07 Å². The maximum absolute atomic E-state index is 10.8. The summed E-state index contributed by atoms with van der Waals surface area (Å²) >= 11 is 0. The third kappa shape index (κ3) is 2.18. The van der Waals surface area contributed by atoms with Crippen molar-refractivity contribution in [1.82, 2.24) is 10.2 Å². The number of nitro benzene ring substituents is 1. The quantitative estimate of drug-likeness (QED) is 0.469. The number of anilines is 1. The molecule has 1 aromatic carbocycles. The third-order valence-electron chi connectivity index (χ3n) is 2.19. The van der Waals surface area contributed by atoms with Crippen LogP contribution in [0.2, 0.25) is 0 Å². The van der Waals surface area contributed by atoms with Crippen LogP contribution in [0, 0.1) is 10.1 Å². The number of rotatable bonds is 3. The fourth-order valence-corrected chi connectivity index (χ4v) is 1.40. The Hall–Kier alpha value is -2.54. The molecule has 2 rings (SSSR count). The predicted molar refractivity (Wildman–Crippen MR) is 61.9 cm³/mol. The number of nitrogens with two attached hydrogens (primary N) is 1. The molecule has 0 fully saturated rings. The second kappa shape index (κ2) is 4.54. The molecule has 0 radical (unpaired) electrons. The van der Waals surface area contributed by atoms with Gasteiger partial charge in [0.25, 0.3) is 5.69 Å². The zero-order valence-electron chi connectivity index (χ0n) is 8.70. The van der Waals surface area contributed by atoms with Gasteiger partial charge < -0.3 is 5.43 Å². The van der Waals surface area contributed by atoms with Gasteiger partial charge in [0.05, 0.1) is 16.2 Å². The highest BCUT2D eigenvalue weighted by Gasteiger charge is 2.15. The van der Waals surface area contributed by atoms with E-state index in [2.05, 4.69) is 15.6 Å². The first-order valence-electron chi connectivity index (χ1n) is 4.76. The summed E-state index contributed by atoms with van der Waals surface area (Å²) in [6.45, 7) is 0. The number of benzene rings is 1. The third-order valence-corrected chi connectivity index (χ3v) is 2.19. The van der Waals surface area contributed by atoms with Crippen molar-refractivity contribution in [3.8, 4) is 11.3 Å². The van der Waals surface area contributed by atoms with Crippen LogP contribution in [0.3, 0.4) is 0 Å². The lowest BCUT2D eigenvalue weighted by atomic mass is 10.1. The lowest BCUT2D eigenvalue weighted by Crippen LogP contribution is -2.09. The molecule has 0 amide bonds. The first kappa shape index (κ1) is 11.0. The van der Waals surface area contributed by atoms with Crippen molar-refractivity contribution in [2.45, 2.75) is 0 Å². The Morgan fingerprint density at radius 3 is 2.53 bits per heavy atom. The van der Waals surface area contributed by atoms with E-state index in [4.69, 9.17) is 5.84 Å². The summed E-state index contributed by atoms with van der Waals surface area (Å²) in [5.41, 5.74) is 3.18. The van der Waals surface area contributed by atoms with E-state index < -0.39 is 4.92 Å². The first-order chi connectivity index (χ1) is 8.22. The number of hydrazine groups is 1. The smallest absolute Gasteiger partial charge is 0.278 e. The number of nitrogens with one attached hydrogen (secondary N) is 1. The topological polar surface area (TPSA) is 107 Å². The van der Waals surface area contributed by atoms with Crippen molar-refractivity contribution in [2.24, 2.45) is 5.84 Å². The number of para-hydroxylation sites is 1. The predicted octanol–water partition coefficient (Wildman–Crippen LogP) is 1.34. The molecule has 0 spiro atoms. The molecule has 3 N–H and O–H groups in total. The Kier molecular flexibility index (Phi) is 2.93. The van der Waals surface area contributed by atoms with Gasteiger partial charge in [-0.3, -0.25) is 10.1 Å². The molecule has 7 heteroatoms. The number of aromatic nitrogens is 2. The van der Waals surface area contributed by atoms with Gasteiger partial charge in [-0.15, -0.1) is 10.2 Å². The molecule has 0 aliphatic rings. The minimum atomic E-state index is -0.452. The minimum Gasteiger partial charge on any atom is -0.307 e. The van der Waals surface area contributed by atoms with Crippen molar-refractivity contribution in [2.75, 3.05) is 5.43 Å². The normalized spacial score (nSPS) is 9.94. The average molecular weight is 231 g/mol. The molecule has 0 aliphatic heterocycles. The van der Waals surface area contributed by atoms with Crippen LogP contribution in [0.5, 0.6) is 0 Å². The summed E-state index contributed by atoms with van der Waals surface area (Å²) in [4.78, 5) is 10.4. The molecule has 0 saturated carbocycles. The maximum Gasteiger partial charge on any atom is 0.278 e. The van der Waals surface area contributed by atoms with E-state index in [1.54, 1.807) is 30.3 Å². The summed E-state index contributed by atoms with van der Waals surface area (Å²) in [6, 6.07) is 9.57. The Balaban J connectivity index is 2.48. The molecule has 0 bridgehead atoms. The van der Waals surface area contributed by atoms with Gasteiger partial charge in [0.15, 0.2) is 5.82 Å². The van der Waals surface area contributed by atoms with Gasteiger partial charge >= 0.3 is 0 Å². The molecule has 86 valence electrons.